The minimum absolute atomic E-state index is 0.144. The lowest BCUT2D eigenvalue weighted by molar-refractivity contribution is 0.103. The Balaban J connectivity index is 2.19. The molecule has 0 amide bonds. The first-order chi connectivity index (χ1) is 9.16. The molecule has 5 nitrogen and oxygen atoms in total. The third-order valence-electron chi connectivity index (χ3n) is 2.99. The Morgan fingerprint density at radius 3 is 2.84 bits per heavy atom. The van der Waals surface area contributed by atoms with Crippen LogP contribution in [0.4, 0.5) is 0 Å². The molecule has 1 N–H and O–H groups in total. The Morgan fingerprint density at radius 2 is 2.11 bits per heavy atom. The second kappa shape index (κ2) is 4.20. The zero-order chi connectivity index (χ0) is 13.4. The number of hydrogen-bond donors (Lipinski definition) is 1. The molecule has 3 rings (SSSR count). The smallest absolute Gasteiger partial charge is 0.247 e. The second-order valence-corrected chi connectivity index (χ2v) is 4.26. The highest BCUT2D eigenvalue weighted by atomic mass is 16.1. The van der Waals surface area contributed by atoms with E-state index in [0.717, 1.165) is 5.52 Å². The maximum atomic E-state index is 12.5. The molecule has 0 radical (unpaired) electrons. The number of rotatable bonds is 2. The van der Waals surface area contributed by atoms with E-state index < -0.39 is 0 Å². The number of carbonyl (C=O) groups excluding carboxylic acids is 1. The summed E-state index contributed by atoms with van der Waals surface area (Å²) < 4.78 is 1.67. The molecule has 0 aromatic carbocycles. The number of aromatic nitrogens is 3. The molecule has 5 heteroatoms. The lowest BCUT2D eigenvalue weighted by atomic mass is 10.0. The first kappa shape index (κ1) is 11.4. The van der Waals surface area contributed by atoms with Gasteiger partial charge in [-0.05, 0) is 25.1 Å². The second-order valence-electron chi connectivity index (χ2n) is 4.26. The molecule has 0 aliphatic rings. The molecule has 3 aromatic rings. The van der Waals surface area contributed by atoms with Gasteiger partial charge in [0.2, 0.25) is 5.56 Å². The summed E-state index contributed by atoms with van der Waals surface area (Å²) in [6, 6.07) is 8.42. The number of aryl methyl sites for hydroxylation is 1. The van der Waals surface area contributed by atoms with Crippen molar-refractivity contribution < 1.29 is 4.79 Å². The number of hydrogen-bond acceptors (Lipinski definition) is 3. The lowest BCUT2D eigenvalue weighted by Gasteiger charge is -2.00. The molecule has 0 aliphatic carbocycles. The van der Waals surface area contributed by atoms with Crippen LogP contribution in [0.1, 0.15) is 21.6 Å². The minimum Gasteiger partial charge on any atom is -0.328 e. The quantitative estimate of drug-likeness (QED) is 0.705. The Labute approximate surface area is 108 Å². The van der Waals surface area contributed by atoms with Gasteiger partial charge < -0.3 is 4.98 Å². The van der Waals surface area contributed by atoms with E-state index in [4.69, 9.17) is 0 Å². The zero-order valence-corrected chi connectivity index (χ0v) is 10.3. The van der Waals surface area contributed by atoms with Gasteiger partial charge in [0, 0.05) is 24.0 Å². The summed E-state index contributed by atoms with van der Waals surface area (Å²) in [5.74, 6) is -0.144. The Kier molecular flexibility index (Phi) is 2.52. The first-order valence-electron chi connectivity index (χ1n) is 5.84. The fraction of sp³-hybridized carbons (Fsp3) is 0.0714. The Bertz CT molecular complexity index is 810. The summed E-state index contributed by atoms with van der Waals surface area (Å²) >= 11 is 0. The summed E-state index contributed by atoms with van der Waals surface area (Å²) in [7, 11) is 0. The predicted molar refractivity (Wildman–Crippen MR) is 70.4 cm³/mol. The van der Waals surface area contributed by atoms with Gasteiger partial charge in [-0.1, -0.05) is 6.07 Å². The predicted octanol–water partition coefficient (Wildman–Crippen LogP) is 1.56. The highest BCUT2D eigenvalue weighted by Crippen LogP contribution is 2.18. The van der Waals surface area contributed by atoms with Crippen molar-refractivity contribution in [3.63, 3.8) is 0 Å². The van der Waals surface area contributed by atoms with Crippen molar-refractivity contribution in [2.45, 2.75) is 6.92 Å². The standard InChI is InChI=1S/C14H11N3O2/c1-9-13(11-4-2-3-7-17(11)16-9)14(19)10-5-6-12(18)15-8-10/h2-8H,1H3,(H,15,18). The molecule has 0 spiro atoms. The van der Waals surface area contributed by atoms with Crippen molar-refractivity contribution in [1.82, 2.24) is 14.6 Å². The lowest BCUT2D eigenvalue weighted by Crippen LogP contribution is -2.08. The van der Waals surface area contributed by atoms with Crippen molar-refractivity contribution in [2.75, 3.05) is 0 Å². The number of nitrogens with zero attached hydrogens (tertiary/aromatic N) is 2. The van der Waals surface area contributed by atoms with E-state index in [1.807, 2.05) is 18.2 Å². The van der Waals surface area contributed by atoms with E-state index in [1.165, 1.54) is 18.3 Å². The van der Waals surface area contributed by atoms with E-state index in [2.05, 4.69) is 10.1 Å². The van der Waals surface area contributed by atoms with Gasteiger partial charge in [-0.3, -0.25) is 9.59 Å². The van der Waals surface area contributed by atoms with Crippen LogP contribution in [0.3, 0.4) is 0 Å². The first-order valence-corrected chi connectivity index (χ1v) is 5.84. The fourth-order valence-electron chi connectivity index (χ4n) is 2.09. The molecule has 0 fully saturated rings. The SMILES string of the molecule is Cc1nn2ccccc2c1C(=O)c1ccc(=O)[nH]c1. The van der Waals surface area contributed by atoms with E-state index in [1.54, 1.807) is 17.6 Å². The van der Waals surface area contributed by atoms with Crippen LogP contribution in [0.25, 0.3) is 5.52 Å². The van der Waals surface area contributed by atoms with Crippen molar-refractivity contribution >= 4 is 11.3 Å². The molecule has 3 aromatic heterocycles. The number of pyridine rings is 2. The summed E-state index contributed by atoms with van der Waals surface area (Å²) in [6.07, 6.45) is 3.22. The van der Waals surface area contributed by atoms with Crippen molar-refractivity contribution in [3.8, 4) is 0 Å². The highest BCUT2D eigenvalue weighted by Gasteiger charge is 2.18. The molecule has 3 heterocycles. The molecular weight excluding hydrogens is 242 g/mol. The van der Waals surface area contributed by atoms with Gasteiger partial charge in [-0.15, -0.1) is 0 Å². The van der Waals surface area contributed by atoms with E-state index in [9.17, 15) is 9.59 Å². The van der Waals surface area contributed by atoms with Gasteiger partial charge in [0.05, 0.1) is 16.8 Å². The van der Waals surface area contributed by atoms with Gasteiger partial charge >= 0.3 is 0 Å². The zero-order valence-electron chi connectivity index (χ0n) is 10.3. The van der Waals surface area contributed by atoms with Crippen LogP contribution >= 0.6 is 0 Å². The van der Waals surface area contributed by atoms with Crippen LogP contribution in [-0.4, -0.2) is 20.4 Å². The van der Waals surface area contributed by atoms with Crippen LogP contribution in [0.2, 0.25) is 0 Å². The van der Waals surface area contributed by atoms with Crippen LogP contribution in [0.5, 0.6) is 0 Å². The van der Waals surface area contributed by atoms with Crippen LogP contribution < -0.4 is 5.56 Å². The molecule has 0 aliphatic heterocycles. The maximum Gasteiger partial charge on any atom is 0.247 e. The van der Waals surface area contributed by atoms with Gasteiger partial charge in [0.15, 0.2) is 5.78 Å². The Hall–Kier alpha value is -2.69. The normalized spacial score (nSPS) is 10.8. The van der Waals surface area contributed by atoms with Gasteiger partial charge in [-0.25, -0.2) is 4.52 Å². The molecule has 0 atom stereocenters. The highest BCUT2D eigenvalue weighted by molar-refractivity contribution is 6.13. The fourth-order valence-corrected chi connectivity index (χ4v) is 2.09. The third-order valence-corrected chi connectivity index (χ3v) is 2.99. The van der Waals surface area contributed by atoms with Crippen LogP contribution in [0, 0.1) is 6.92 Å². The average Bonchev–Trinajstić information content (AvgIpc) is 2.74. The molecule has 94 valence electrons. The molecule has 19 heavy (non-hydrogen) atoms. The average molecular weight is 253 g/mol. The van der Waals surface area contributed by atoms with E-state index >= 15 is 0 Å². The molecule has 0 unspecified atom stereocenters. The number of fused-ring (bicyclic) bond motifs is 1. The summed E-state index contributed by atoms with van der Waals surface area (Å²) in [5.41, 5.74) is 2.21. The Morgan fingerprint density at radius 1 is 1.26 bits per heavy atom. The van der Waals surface area contributed by atoms with Gasteiger partial charge in [0.1, 0.15) is 0 Å². The van der Waals surface area contributed by atoms with Crippen molar-refractivity contribution in [2.24, 2.45) is 0 Å². The molecular formula is C14H11N3O2. The summed E-state index contributed by atoms with van der Waals surface area (Å²) in [4.78, 5) is 26.0. The van der Waals surface area contributed by atoms with Crippen LogP contribution in [0.15, 0.2) is 47.5 Å². The number of H-pyrrole nitrogens is 1. The minimum atomic E-state index is -0.229. The molecule has 0 saturated carbocycles. The van der Waals surface area contributed by atoms with Crippen molar-refractivity contribution in [1.29, 1.82) is 0 Å². The van der Waals surface area contributed by atoms with Crippen LogP contribution in [-0.2, 0) is 0 Å². The molecule has 0 bridgehead atoms. The maximum absolute atomic E-state index is 12.5. The van der Waals surface area contributed by atoms with Crippen molar-refractivity contribution in [3.05, 3.63) is 69.9 Å². The van der Waals surface area contributed by atoms with Gasteiger partial charge in [-0.2, -0.15) is 5.10 Å². The monoisotopic (exact) mass is 253 g/mol. The third kappa shape index (κ3) is 1.85. The van der Waals surface area contributed by atoms with E-state index in [0.29, 0.717) is 16.8 Å². The number of ketones is 1. The van der Waals surface area contributed by atoms with Gasteiger partial charge in [0.25, 0.3) is 0 Å². The topological polar surface area (TPSA) is 67.2 Å². The summed E-state index contributed by atoms with van der Waals surface area (Å²) in [5, 5.41) is 4.30. The van der Waals surface area contributed by atoms with E-state index in [-0.39, 0.29) is 11.3 Å². The largest absolute Gasteiger partial charge is 0.328 e. The summed E-state index contributed by atoms with van der Waals surface area (Å²) in [6.45, 7) is 1.80. The number of carbonyl (C=O) groups is 1. The molecule has 0 saturated heterocycles. The number of aromatic amines is 1. The number of nitrogens with one attached hydrogen (secondary N) is 1.